The molecule has 1 saturated heterocycles. The fourth-order valence-electron chi connectivity index (χ4n) is 7.40. The molecule has 1 amide bonds. The molecule has 1 fully saturated rings. The predicted molar refractivity (Wildman–Crippen MR) is 163 cm³/mol. The van der Waals surface area contributed by atoms with Crippen LogP contribution < -0.4 is 19.7 Å². The van der Waals surface area contributed by atoms with Crippen molar-refractivity contribution in [2.75, 3.05) is 17.0 Å². The molecule has 0 unspecified atom stereocenters. The molecule has 1 N–H and O–H groups in total. The van der Waals surface area contributed by atoms with Crippen LogP contribution >= 0.6 is 11.6 Å². The summed E-state index contributed by atoms with van der Waals surface area (Å²) in [7, 11) is 0. The van der Waals surface area contributed by atoms with E-state index in [4.69, 9.17) is 21.1 Å². The standard InChI is InChI=1S/C35H25ClN2O5/c1-19-16-29-35(24-7-3-4-8-25(24)37-34(35)41)30(32(39)21-12-15-27-28(17-21)43-18-42-27)31(33(40)20-10-13-22(36)14-11-20)38(29)26-9-5-2-6-23(19)26/h2-17,29-31H,18H2,1H3,(H,37,41)/t29-,30+,31-,35-/m0/s1. The zero-order valence-corrected chi connectivity index (χ0v) is 23.8. The first-order valence-corrected chi connectivity index (χ1v) is 14.5. The van der Waals surface area contributed by atoms with E-state index in [1.807, 2.05) is 66.4 Å². The third-order valence-corrected chi connectivity index (χ3v) is 9.47. The Morgan fingerprint density at radius 2 is 1.60 bits per heavy atom. The summed E-state index contributed by atoms with van der Waals surface area (Å²) in [4.78, 5) is 46.3. The van der Waals surface area contributed by atoms with Crippen molar-refractivity contribution in [2.45, 2.75) is 24.4 Å². The van der Waals surface area contributed by atoms with Crippen molar-refractivity contribution in [3.63, 3.8) is 0 Å². The Labute approximate surface area is 252 Å². The van der Waals surface area contributed by atoms with Gasteiger partial charge in [-0.15, -0.1) is 0 Å². The van der Waals surface area contributed by atoms with Crippen molar-refractivity contribution < 1.29 is 23.9 Å². The number of hydrogen-bond acceptors (Lipinski definition) is 6. The van der Waals surface area contributed by atoms with Gasteiger partial charge in [-0.05, 0) is 72.7 Å². The second-order valence-electron chi connectivity index (χ2n) is 11.3. The van der Waals surface area contributed by atoms with Crippen molar-refractivity contribution in [1.82, 2.24) is 0 Å². The van der Waals surface area contributed by atoms with E-state index in [1.54, 1.807) is 42.5 Å². The molecule has 4 aromatic carbocycles. The molecule has 7 nitrogen and oxygen atoms in total. The molecule has 0 saturated carbocycles. The summed E-state index contributed by atoms with van der Waals surface area (Å²) in [5.41, 5.74) is 3.42. The number of fused-ring (bicyclic) bond motifs is 7. The van der Waals surface area contributed by atoms with E-state index >= 15 is 4.79 Å². The van der Waals surface area contributed by atoms with Crippen LogP contribution in [-0.2, 0) is 10.2 Å². The van der Waals surface area contributed by atoms with Gasteiger partial charge in [0, 0.05) is 33.1 Å². The fraction of sp³-hybridized carbons (Fsp3) is 0.171. The van der Waals surface area contributed by atoms with Gasteiger partial charge in [0.2, 0.25) is 12.7 Å². The molecule has 1 spiro atoms. The van der Waals surface area contributed by atoms with Gasteiger partial charge in [-0.2, -0.15) is 0 Å². The third kappa shape index (κ3) is 3.52. The normalized spacial score (nSPS) is 24.2. The molecule has 0 radical (unpaired) electrons. The number of benzene rings is 4. The van der Waals surface area contributed by atoms with Crippen molar-refractivity contribution in [3.05, 3.63) is 124 Å². The van der Waals surface area contributed by atoms with E-state index in [1.165, 1.54) is 0 Å². The molecule has 43 heavy (non-hydrogen) atoms. The first-order chi connectivity index (χ1) is 20.9. The number of ether oxygens (including phenoxy) is 2. The van der Waals surface area contributed by atoms with Crippen molar-refractivity contribution in [2.24, 2.45) is 5.92 Å². The van der Waals surface area contributed by atoms with Gasteiger partial charge in [-0.1, -0.05) is 54.1 Å². The highest BCUT2D eigenvalue weighted by atomic mass is 35.5. The van der Waals surface area contributed by atoms with Gasteiger partial charge in [-0.3, -0.25) is 14.4 Å². The Bertz CT molecular complexity index is 1900. The second-order valence-corrected chi connectivity index (χ2v) is 11.8. The van der Waals surface area contributed by atoms with E-state index in [0.29, 0.717) is 38.9 Å². The number of anilines is 2. The SMILES string of the molecule is CC1=C[C@@H]2N(c3ccccc31)[C@H](C(=O)c1ccc(Cl)cc1)[C@H](C(=O)c1ccc3c(c1)OCO3)[C@@]21C(=O)Nc2ccccc21. The molecule has 8 heteroatoms. The average Bonchev–Trinajstić information content (AvgIpc) is 3.70. The number of amides is 1. The lowest BCUT2D eigenvalue weighted by Gasteiger charge is -2.39. The van der Waals surface area contributed by atoms with Gasteiger partial charge in [-0.25, -0.2) is 0 Å². The lowest BCUT2D eigenvalue weighted by Crippen LogP contribution is -2.51. The lowest BCUT2D eigenvalue weighted by atomic mass is 9.64. The minimum Gasteiger partial charge on any atom is -0.454 e. The van der Waals surface area contributed by atoms with Gasteiger partial charge in [0.15, 0.2) is 23.1 Å². The Morgan fingerprint density at radius 1 is 0.884 bits per heavy atom. The van der Waals surface area contributed by atoms with Crippen LogP contribution in [0, 0.1) is 5.92 Å². The largest absolute Gasteiger partial charge is 0.454 e. The molecular formula is C35H25ClN2O5. The molecule has 212 valence electrons. The lowest BCUT2D eigenvalue weighted by molar-refractivity contribution is -0.121. The summed E-state index contributed by atoms with van der Waals surface area (Å²) >= 11 is 6.19. The van der Waals surface area contributed by atoms with Crippen LogP contribution in [0.25, 0.3) is 5.57 Å². The van der Waals surface area contributed by atoms with E-state index < -0.39 is 23.4 Å². The van der Waals surface area contributed by atoms with Gasteiger partial charge in [0.1, 0.15) is 11.5 Å². The second kappa shape index (κ2) is 9.31. The van der Waals surface area contributed by atoms with Crippen molar-refractivity contribution in [3.8, 4) is 11.5 Å². The summed E-state index contributed by atoms with van der Waals surface area (Å²) in [5.74, 6) is -0.987. The Balaban J connectivity index is 1.42. The minimum absolute atomic E-state index is 0.0600. The van der Waals surface area contributed by atoms with Crippen LogP contribution in [0.15, 0.2) is 97.1 Å². The highest BCUT2D eigenvalue weighted by Crippen LogP contribution is 2.59. The molecule has 0 bridgehead atoms. The van der Waals surface area contributed by atoms with Gasteiger partial charge in [0.05, 0.1) is 12.0 Å². The first-order valence-electron chi connectivity index (χ1n) is 14.1. The number of allylic oxidation sites excluding steroid dienone is 1. The monoisotopic (exact) mass is 588 g/mol. The Kier molecular flexibility index (Phi) is 5.59. The highest BCUT2D eigenvalue weighted by Gasteiger charge is 2.70. The van der Waals surface area contributed by atoms with Gasteiger partial charge >= 0.3 is 0 Å². The minimum atomic E-state index is -1.40. The van der Waals surface area contributed by atoms with Crippen molar-refractivity contribution >= 4 is 46.0 Å². The first kappa shape index (κ1) is 25.8. The summed E-state index contributed by atoms with van der Waals surface area (Å²) in [6, 6.07) is 25.4. The van der Waals surface area contributed by atoms with Gasteiger partial charge in [0.25, 0.3) is 0 Å². The summed E-state index contributed by atoms with van der Waals surface area (Å²) in [5, 5.41) is 3.56. The number of nitrogens with one attached hydrogen (secondary N) is 1. The Morgan fingerprint density at radius 3 is 2.44 bits per heavy atom. The topological polar surface area (TPSA) is 84.9 Å². The number of para-hydroxylation sites is 2. The maximum Gasteiger partial charge on any atom is 0.238 e. The molecule has 4 heterocycles. The molecule has 4 atom stereocenters. The fourth-order valence-corrected chi connectivity index (χ4v) is 7.53. The molecule has 4 aliphatic rings. The summed E-state index contributed by atoms with van der Waals surface area (Å²) < 4.78 is 11.1. The van der Waals surface area contributed by atoms with Crippen LogP contribution in [0.4, 0.5) is 11.4 Å². The van der Waals surface area contributed by atoms with Crippen LogP contribution in [0.1, 0.15) is 38.8 Å². The summed E-state index contributed by atoms with van der Waals surface area (Å²) in [6.45, 7) is 2.07. The number of carbonyl (C=O) groups excluding carboxylic acids is 3. The van der Waals surface area contributed by atoms with E-state index in [0.717, 1.165) is 16.8 Å². The predicted octanol–water partition coefficient (Wildman–Crippen LogP) is 6.31. The summed E-state index contributed by atoms with van der Waals surface area (Å²) in [6.07, 6.45) is 2.04. The molecule has 4 aromatic rings. The molecular weight excluding hydrogens is 564 g/mol. The number of nitrogens with zero attached hydrogens (tertiary/aromatic N) is 1. The van der Waals surface area contributed by atoms with E-state index in [2.05, 4.69) is 5.32 Å². The average molecular weight is 589 g/mol. The molecule has 8 rings (SSSR count). The van der Waals surface area contributed by atoms with E-state index in [9.17, 15) is 9.59 Å². The van der Waals surface area contributed by atoms with Crippen LogP contribution in [0.2, 0.25) is 5.02 Å². The van der Waals surface area contributed by atoms with E-state index in [-0.39, 0.29) is 24.3 Å². The Hall–Kier alpha value is -4.88. The number of carbonyl (C=O) groups is 3. The zero-order chi connectivity index (χ0) is 29.5. The molecule has 0 aliphatic carbocycles. The number of ketones is 2. The molecule has 0 aromatic heterocycles. The number of Topliss-reactive ketones (excluding diaryl/α,β-unsaturated/α-hetero) is 2. The van der Waals surface area contributed by atoms with Crippen LogP contribution in [0.5, 0.6) is 11.5 Å². The maximum atomic E-state index is 15.0. The smallest absolute Gasteiger partial charge is 0.238 e. The number of rotatable bonds is 4. The highest BCUT2D eigenvalue weighted by molar-refractivity contribution is 6.30. The quantitative estimate of drug-likeness (QED) is 0.281. The van der Waals surface area contributed by atoms with Crippen LogP contribution in [0.3, 0.4) is 0 Å². The zero-order valence-electron chi connectivity index (χ0n) is 23.0. The van der Waals surface area contributed by atoms with Crippen LogP contribution in [-0.4, -0.2) is 36.4 Å². The van der Waals surface area contributed by atoms with Gasteiger partial charge < -0.3 is 19.7 Å². The maximum absolute atomic E-state index is 15.0. The van der Waals surface area contributed by atoms with Crippen molar-refractivity contribution in [1.29, 1.82) is 0 Å². The third-order valence-electron chi connectivity index (χ3n) is 9.22. The number of hydrogen-bond donors (Lipinski definition) is 1. The molecule has 4 aliphatic heterocycles. The number of halogens is 1.